The molecule has 1 aliphatic heterocycles. The lowest BCUT2D eigenvalue weighted by molar-refractivity contribution is 0.477. The molecule has 2 heterocycles. The number of fused-ring (bicyclic) bond motifs is 3. The molecule has 2 atom stereocenters. The number of hydrogen-bond acceptors (Lipinski definition) is 2. The molecule has 0 saturated heterocycles. The van der Waals surface area contributed by atoms with Gasteiger partial charge in [-0.1, -0.05) is 59.6 Å². The minimum Gasteiger partial charge on any atom is -0.349 e. The van der Waals surface area contributed by atoms with Gasteiger partial charge in [-0.05, 0) is 53.9 Å². The van der Waals surface area contributed by atoms with Crippen LogP contribution in [0.5, 0.6) is 0 Å². The number of nitrogens with zero attached hydrogens (tertiary/aromatic N) is 2. The lowest BCUT2D eigenvalue weighted by atomic mass is 9.93. The minimum absolute atomic E-state index is 0.159. The molecule has 0 bridgehead atoms. The van der Waals surface area contributed by atoms with E-state index in [1.165, 1.54) is 11.1 Å². The number of nitrogens with one attached hydrogen (secondary N) is 1. The zero-order valence-corrected chi connectivity index (χ0v) is 16.0. The van der Waals surface area contributed by atoms with Crippen LogP contribution in [0.4, 0.5) is 5.95 Å². The second-order valence-corrected chi connectivity index (χ2v) is 7.72. The van der Waals surface area contributed by atoms with E-state index in [0.29, 0.717) is 0 Å². The standard InChI is InChI=1S/C22H17Cl2N3/c23-16-9-5-14(6-10-16)19-13-21(15-7-11-17(24)12-8-15)27-20-4-2-1-3-18(20)25-22(27)26-19/h1-12,19,21H,13H2,(H,25,26)/t19-,21-/m0/s1. The SMILES string of the molecule is Clc1ccc([C@@H]2C[C@@H](c3ccc(Cl)cc3)n3c(nc4ccccc43)N2)cc1. The monoisotopic (exact) mass is 393 g/mol. The van der Waals surface area contributed by atoms with Crippen molar-refractivity contribution in [3.05, 3.63) is 94.0 Å². The summed E-state index contributed by atoms with van der Waals surface area (Å²) in [4.78, 5) is 4.84. The van der Waals surface area contributed by atoms with Gasteiger partial charge in [0.25, 0.3) is 0 Å². The molecule has 27 heavy (non-hydrogen) atoms. The quantitative estimate of drug-likeness (QED) is 0.421. The number of aromatic nitrogens is 2. The first-order valence-corrected chi connectivity index (χ1v) is 9.69. The summed E-state index contributed by atoms with van der Waals surface area (Å²) >= 11 is 12.2. The normalized spacial score (nSPS) is 18.9. The second kappa shape index (κ2) is 6.59. The Balaban J connectivity index is 1.65. The summed E-state index contributed by atoms with van der Waals surface area (Å²) in [5.41, 5.74) is 4.56. The summed E-state index contributed by atoms with van der Waals surface area (Å²) < 4.78 is 2.30. The molecule has 0 aliphatic carbocycles. The van der Waals surface area contributed by atoms with Crippen molar-refractivity contribution in [2.45, 2.75) is 18.5 Å². The van der Waals surface area contributed by atoms with Gasteiger partial charge in [0.15, 0.2) is 0 Å². The summed E-state index contributed by atoms with van der Waals surface area (Å²) in [6.45, 7) is 0. The minimum atomic E-state index is 0.159. The predicted octanol–water partition coefficient (Wildman–Crippen LogP) is 6.49. The molecule has 0 fully saturated rings. The Kier molecular flexibility index (Phi) is 4.07. The van der Waals surface area contributed by atoms with Crippen molar-refractivity contribution in [2.75, 3.05) is 5.32 Å². The summed E-state index contributed by atoms with van der Waals surface area (Å²) in [5.74, 6) is 0.891. The Morgan fingerprint density at radius 2 is 1.44 bits per heavy atom. The third-order valence-electron chi connectivity index (χ3n) is 5.20. The molecule has 0 amide bonds. The smallest absolute Gasteiger partial charge is 0.204 e. The molecule has 0 spiro atoms. The van der Waals surface area contributed by atoms with Gasteiger partial charge in [-0.15, -0.1) is 0 Å². The summed E-state index contributed by atoms with van der Waals surface area (Å²) in [6, 6.07) is 24.7. The van der Waals surface area contributed by atoms with Crippen LogP contribution in [-0.4, -0.2) is 9.55 Å². The molecule has 4 aromatic rings. The first-order chi connectivity index (χ1) is 13.2. The molecule has 5 heteroatoms. The van der Waals surface area contributed by atoms with Crippen LogP contribution >= 0.6 is 23.2 Å². The topological polar surface area (TPSA) is 29.9 Å². The lowest BCUT2D eigenvalue weighted by Crippen LogP contribution is -2.27. The van der Waals surface area contributed by atoms with Crippen LogP contribution in [-0.2, 0) is 0 Å². The molecular formula is C22H17Cl2N3. The Hall–Kier alpha value is -2.49. The molecule has 3 aromatic carbocycles. The lowest BCUT2D eigenvalue weighted by Gasteiger charge is -2.33. The average Bonchev–Trinajstić information content (AvgIpc) is 3.07. The maximum Gasteiger partial charge on any atom is 0.204 e. The van der Waals surface area contributed by atoms with E-state index in [2.05, 4.69) is 52.3 Å². The molecule has 1 aliphatic rings. The van der Waals surface area contributed by atoms with Crippen molar-refractivity contribution in [3.63, 3.8) is 0 Å². The van der Waals surface area contributed by atoms with Gasteiger partial charge in [0.05, 0.1) is 23.1 Å². The van der Waals surface area contributed by atoms with E-state index in [1.54, 1.807) is 0 Å². The highest BCUT2D eigenvalue weighted by Crippen LogP contribution is 2.41. The molecule has 1 aromatic heterocycles. The van der Waals surface area contributed by atoms with Gasteiger partial charge >= 0.3 is 0 Å². The summed E-state index contributed by atoms with van der Waals surface area (Å²) in [5, 5.41) is 5.11. The molecule has 1 N–H and O–H groups in total. The van der Waals surface area contributed by atoms with E-state index in [9.17, 15) is 0 Å². The van der Waals surface area contributed by atoms with Crippen molar-refractivity contribution in [2.24, 2.45) is 0 Å². The Morgan fingerprint density at radius 3 is 2.15 bits per heavy atom. The molecule has 0 radical (unpaired) electrons. The van der Waals surface area contributed by atoms with Crippen molar-refractivity contribution >= 4 is 40.2 Å². The number of anilines is 1. The highest BCUT2D eigenvalue weighted by molar-refractivity contribution is 6.30. The van der Waals surface area contributed by atoms with Gasteiger partial charge < -0.3 is 9.88 Å². The van der Waals surface area contributed by atoms with Crippen LogP contribution in [0.3, 0.4) is 0 Å². The fourth-order valence-corrected chi connectivity index (χ4v) is 4.14. The number of imidazole rings is 1. The third-order valence-corrected chi connectivity index (χ3v) is 5.70. The highest BCUT2D eigenvalue weighted by atomic mass is 35.5. The number of rotatable bonds is 2. The van der Waals surface area contributed by atoms with E-state index >= 15 is 0 Å². The molecule has 0 saturated carbocycles. The van der Waals surface area contributed by atoms with Gasteiger partial charge in [-0.25, -0.2) is 4.98 Å². The van der Waals surface area contributed by atoms with Gasteiger partial charge in [0.2, 0.25) is 5.95 Å². The Labute approximate surface area is 167 Å². The number of benzene rings is 3. The zero-order valence-electron chi connectivity index (χ0n) is 14.4. The molecular weight excluding hydrogens is 377 g/mol. The predicted molar refractivity (Wildman–Crippen MR) is 112 cm³/mol. The van der Waals surface area contributed by atoms with Crippen molar-refractivity contribution in [1.82, 2.24) is 9.55 Å². The van der Waals surface area contributed by atoms with Crippen LogP contribution in [0.1, 0.15) is 29.6 Å². The van der Waals surface area contributed by atoms with E-state index in [1.807, 2.05) is 30.3 Å². The number of para-hydroxylation sites is 2. The molecule has 3 nitrogen and oxygen atoms in total. The Bertz CT molecular complexity index is 1100. The van der Waals surface area contributed by atoms with Crippen LogP contribution in [0.15, 0.2) is 72.8 Å². The molecule has 134 valence electrons. The number of halogens is 2. The van der Waals surface area contributed by atoms with Crippen LogP contribution < -0.4 is 5.32 Å². The van der Waals surface area contributed by atoms with Crippen molar-refractivity contribution in [1.29, 1.82) is 0 Å². The third kappa shape index (κ3) is 2.97. The molecule has 0 unspecified atom stereocenters. The van der Waals surface area contributed by atoms with Crippen LogP contribution in [0, 0.1) is 0 Å². The maximum absolute atomic E-state index is 6.12. The van der Waals surface area contributed by atoms with E-state index < -0.39 is 0 Å². The number of hydrogen-bond donors (Lipinski definition) is 1. The van der Waals surface area contributed by atoms with Gasteiger partial charge in [0, 0.05) is 10.0 Å². The zero-order chi connectivity index (χ0) is 18.4. The first kappa shape index (κ1) is 16.7. The van der Waals surface area contributed by atoms with Crippen molar-refractivity contribution < 1.29 is 0 Å². The summed E-state index contributed by atoms with van der Waals surface area (Å²) in [6.07, 6.45) is 0.913. The average molecular weight is 394 g/mol. The first-order valence-electron chi connectivity index (χ1n) is 8.93. The van der Waals surface area contributed by atoms with Gasteiger partial charge in [-0.2, -0.15) is 0 Å². The van der Waals surface area contributed by atoms with Gasteiger partial charge in [-0.3, -0.25) is 0 Å². The van der Waals surface area contributed by atoms with E-state index in [0.717, 1.165) is 33.4 Å². The maximum atomic E-state index is 6.12. The van der Waals surface area contributed by atoms with Crippen LogP contribution in [0.25, 0.3) is 11.0 Å². The van der Waals surface area contributed by atoms with Gasteiger partial charge in [0.1, 0.15) is 0 Å². The van der Waals surface area contributed by atoms with Crippen LogP contribution in [0.2, 0.25) is 10.0 Å². The van der Waals surface area contributed by atoms with E-state index in [4.69, 9.17) is 28.2 Å². The van der Waals surface area contributed by atoms with Crippen molar-refractivity contribution in [3.8, 4) is 0 Å². The molecule has 5 rings (SSSR count). The summed E-state index contributed by atoms with van der Waals surface area (Å²) in [7, 11) is 0. The fraction of sp³-hybridized carbons (Fsp3) is 0.136. The Morgan fingerprint density at radius 1 is 0.815 bits per heavy atom. The highest BCUT2D eigenvalue weighted by Gasteiger charge is 2.30. The second-order valence-electron chi connectivity index (χ2n) is 6.85. The largest absolute Gasteiger partial charge is 0.349 e. The van der Waals surface area contributed by atoms with E-state index in [-0.39, 0.29) is 12.1 Å². The fourth-order valence-electron chi connectivity index (χ4n) is 3.89.